The van der Waals surface area contributed by atoms with Gasteiger partial charge in [-0.3, -0.25) is 4.90 Å². The standard InChI is InChI=1S/C19H33N3O3/c1-4-20-13-16-6-7-18(19(12-16)24-3)25-15-17(23)14-22-10-8-21(5-2)9-11-22/h6-7,12,17,20,23H,4-5,8-11,13-15H2,1-3H3. The molecule has 142 valence electrons. The Bertz CT molecular complexity index is 505. The Morgan fingerprint density at radius 3 is 2.48 bits per heavy atom. The van der Waals surface area contributed by atoms with E-state index < -0.39 is 6.10 Å². The van der Waals surface area contributed by atoms with Gasteiger partial charge in [-0.25, -0.2) is 0 Å². The molecule has 0 amide bonds. The normalized spacial score (nSPS) is 17.4. The largest absolute Gasteiger partial charge is 0.493 e. The van der Waals surface area contributed by atoms with Gasteiger partial charge in [-0.05, 0) is 30.8 Å². The van der Waals surface area contributed by atoms with Gasteiger partial charge in [0.1, 0.15) is 12.7 Å². The fourth-order valence-corrected chi connectivity index (χ4v) is 3.04. The summed E-state index contributed by atoms with van der Waals surface area (Å²) < 4.78 is 11.2. The van der Waals surface area contributed by atoms with Gasteiger partial charge in [-0.1, -0.05) is 19.9 Å². The van der Waals surface area contributed by atoms with Crippen LogP contribution in [-0.4, -0.2) is 80.5 Å². The number of ether oxygens (including phenoxy) is 2. The molecule has 0 aromatic heterocycles. The van der Waals surface area contributed by atoms with Gasteiger partial charge in [0.05, 0.1) is 7.11 Å². The van der Waals surface area contributed by atoms with E-state index in [1.54, 1.807) is 7.11 Å². The molecule has 2 rings (SSSR count). The first-order chi connectivity index (χ1) is 12.2. The number of hydrogen-bond acceptors (Lipinski definition) is 6. The molecule has 1 atom stereocenters. The highest BCUT2D eigenvalue weighted by Crippen LogP contribution is 2.28. The van der Waals surface area contributed by atoms with E-state index in [0.717, 1.165) is 51.4 Å². The molecule has 1 aliphatic rings. The zero-order valence-electron chi connectivity index (χ0n) is 15.8. The number of likely N-dealkylation sites (N-methyl/N-ethyl adjacent to an activating group) is 1. The molecule has 0 radical (unpaired) electrons. The Hall–Kier alpha value is -1.34. The number of nitrogens with zero attached hydrogens (tertiary/aromatic N) is 2. The summed E-state index contributed by atoms with van der Waals surface area (Å²) in [7, 11) is 1.64. The summed E-state index contributed by atoms with van der Waals surface area (Å²) in [5.41, 5.74) is 1.15. The number of benzene rings is 1. The van der Waals surface area contributed by atoms with E-state index in [0.29, 0.717) is 18.0 Å². The lowest BCUT2D eigenvalue weighted by Gasteiger charge is -2.34. The highest BCUT2D eigenvalue weighted by molar-refractivity contribution is 5.43. The molecular formula is C19H33N3O3. The van der Waals surface area contributed by atoms with Crippen LogP contribution in [0.5, 0.6) is 11.5 Å². The van der Waals surface area contributed by atoms with Crippen LogP contribution in [0.25, 0.3) is 0 Å². The van der Waals surface area contributed by atoms with Crippen molar-refractivity contribution in [3.05, 3.63) is 23.8 Å². The van der Waals surface area contributed by atoms with E-state index in [2.05, 4.69) is 29.0 Å². The lowest BCUT2D eigenvalue weighted by atomic mass is 10.2. The van der Waals surface area contributed by atoms with E-state index in [1.165, 1.54) is 0 Å². The quantitative estimate of drug-likeness (QED) is 0.660. The van der Waals surface area contributed by atoms with Crippen molar-refractivity contribution in [1.82, 2.24) is 15.1 Å². The second-order valence-corrected chi connectivity index (χ2v) is 6.47. The van der Waals surface area contributed by atoms with Crippen LogP contribution in [0.15, 0.2) is 18.2 Å². The lowest BCUT2D eigenvalue weighted by Crippen LogP contribution is -2.49. The van der Waals surface area contributed by atoms with Crippen LogP contribution in [0.1, 0.15) is 19.4 Å². The second kappa shape index (κ2) is 10.6. The molecule has 2 N–H and O–H groups in total. The number of rotatable bonds is 10. The van der Waals surface area contributed by atoms with Gasteiger partial charge in [-0.15, -0.1) is 0 Å². The Morgan fingerprint density at radius 2 is 1.84 bits per heavy atom. The predicted molar refractivity (Wildman–Crippen MR) is 100 cm³/mol. The summed E-state index contributed by atoms with van der Waals surface area (Å²) in [6.45, 7) is 12.2. The third-order valence-electron chi connectivity index (χ3n) is 4.62. The van der Waals surface area contributed by atoms with Gasteiger partial charge in [0.15, 0.2) is 11.5 Å². The molecule has 1 saturated heterocycles. The number of hydrogen-bond donors (Lipinski definition) is 2. The SMILES string of the molecule is CCNCc1ccc(OCC(O)CN2CCN(CC)CC2)c(OC)c1. The Morgan fingerprint density at radius 1 is 1.12 bits per heavy atom. The van der Waals surface area contributed by atoms with Crippen LogP contribution in [0.2, 0.25) is 0 Å². The average Bonchev–Trinajstić information content (AvgIpc) is 2.65. The van der Waals surface area contributed by atoms with Gasteiger partial charge >= 0.3 is 0 Å². The topological polar surface area (TPSA) is 57.2 Å². The van der Waals surface area contributed by atoms with Crippen molar-refractivity contribution in [3.8, 4) is 11.5 Å². The van der Waals surface area contributed by atoms with Crippen molar-refractivity contribution in [2.75, 3.05) is 59.5 Å². The number of nitrogens with one attached hydrogen (secondary N) is 1. The molecule has 1 aliphatic heterocycles. The third-order valence-corrected chi connectivity index (χ3v) is 4.62. The van der Waals surface area contributed by atoms with Crippen LogP contribution in [0, 0.1) is 0 Å². The van der Waals surface area contributed by atoms with E-state index in [9.17, 15) is 5.11 Å². The zero-order valence-corrected chi connectivity index (χ0v) is 15.8. The number of aliphatic hydroxyl groups is 1. The van der Waals surface area contributed by atoms with E-state index in [-0.39, 0.29) is 6.61 Å². The minimum Gasteiger partial charge on any atom is -0.493 e. The summed E-state index contributed by atoms with van der Waals surface area (Å²) in [4.78, 5) is 4.73. The minimum absolute atomic E-state index is 0.275. The Labute approximate surface area is 151 Å². The number of β-amino-alcohol motifs (C(OH)–C–C–N with tert-alkyl or cyclic N) is 1. The van der Waals surface area contributed by atoms with Crippen molar-refractivity contribution in [3.63, 3.8) is 0 Å². The van der Waals surface area contributed by atoms with E-state index >= 15 is 0 Å². The monoisotopic (exact) mass is 351 g/mol. The molecule has 0 spiro atoms. The molecule has 1 unspecified atom stereocenters. The molecule has 1 fully saturated rings. The third kappa shape index (κ3) is 6.47. The first-order valence-corrected chi connectivity index (χ1v) is 9.29. The molecule has 0 aliphatic carbocycles. The Kier molecular flexibility index (Phi) is 8.48. The molecule has 6 nitrogen and oxygen atoms in total. The van der Waals surface area contributed by atoms with Gasteiger partial charge < -0.3 is 24.8 Å². The number of piperazine rings is 1. The number of aliphatic hydroxyl groups excluding tert-OH is 1. The van der Waals surface area contributed by atoms with E-state index in [4.69, 9.17) is 9.47 Å². The van der Waals surface area contributed by atoms with Gasteiger partial charge in [0.2, 0.25) is 0 Å². The fourth-order valence-electron chi connectivity index (χ4n) is 3.04. The molecule has 0 bridgehead atoms. The van der Waals surface area contributed by atoms with Crippen LogP contribution < -0.4 is 14.8 Å². The van der Waals surface area contributed by atoms with Gasteiger partial charge in [0.25, 0.3) is 0 Å². The molecule has 1 heterocycles. The summed E-state index contributed by atoms with van der Waals surface area (Å²) in [6.07, 6.45) is -0.501. The van der Waals surface area contributed by atoms with Crippen molar-refractivity contribution in [2.45, 2.75) is 26.5 Å². The van der Waals surface area contributed by atoms with Crippen LogP contribution in [0.3, 0.4) is 0 Å². The maximum atomic E-state index is 10.3. The van der Waals surface area contributed by atoms with Crippen molar-refractivity contribution >= 4 is 0 Å². The molecule has 1 aromatic carbocycles. The fraction of sp³-hybridized carbons (Fsp3) is 0.684. The van der Waals surface area contributed by atoms with Crippen LogP contribution in [0.4, 0.5) is 0 Å². The minimum atomic E-state index is -0.501. The molecular weight excluding hydrogens is 318 g/mol. The highest BCUT2D eigenvalue weighted by Gasteiger charge is 2.19. The molecule has 6 heteroatoms. The summed E-state index contributed by atoms with van der Waals surface area (Å²) in [5, 5.41) is 13.6. The smallest absolute Gasteiger partial charge is 0.161 e. The highest BCUT2D eigenvalue weighted by atomic mass is 16.5. The van der Waals surface area contributed by atoms with E-state index in [1.807, 2.05) is 18.2 Å². The predicted octanol–water partition coefficient (Wildman–Crippen LogP) is 1.18. The first-order valence-electron chi connectivity index (χ1n) is 9.29. The average molecular weight is 351 g/mol. The van der Waals surface area contributed by atoms with Crippen LogP contribution >= 0.6 is 0 Å². The zero-order chi connectivity index (χ0) is 18.1. The van der Waals surface area contributed by atoms with Crippen molar-refractivity contribution in [2.24, 2.45) is 0 Å². The summed E-state index contributed by atoms with van der Waals surface area (Å²) >= 11 is 0. The molecule has 25 heavy (non-hydrogen) atoms. The van der Waals surface area contributed by atoms with Crippen molar-refractivity contribution in [1.29, 1.82) is 0 Å². The summed E-state index contributed by atoms with van der Waals surface area (Å²) in [6, 6.07) is 5.92. The van der Waals surface area contributed by atoms with Gasteiger partial charge in [0, 0.05) is 39.3 Å². The van der Waals surface area contributed by atoms with Crippen LogP contribution in [-0.2, 0) is 6.54 Å². The lowest BCUT2D eigenvalue weighted by molar-refractivity contribution is 0.0464. The molecule has 1 aromatic rings. The first kappa shape index (κ1) is 20.0. The maximum absolute atomic E-state index is 10.3. The summed E-state index contributed by atoms with van der Waals surface area (Å²) in [5.74, 6) is 1.39. The van der Waals surface area contributed by atoms with Gasteiger partial charge in [-0.2, -0.15) is 0 Å². The van der Waals surface area contributed by atoms with Crippen molar-refractivity contribution < 1.29 is 14.6 Å². The second-order valence-electron chi connectivity index (χ2n) is 6.47. The number of methoxy groups -OCH3 is 1. The Balaban J connectivity index is 1.79. The molecule has 0 saturated carbocycles. The maximum Gasteiger partial charge on any atom is 0.161 e.